The van der Waals surface area contributed by atoms with E-state index in [-0.39, 0.29) is 36.5 Å². The standard InChI is InChI=1S/C20H33N3O5/c1-4-9-21-17(25)14-13-7-8-20(28-13)15(14)19(27)23(10-5-6-11-24)16(20)18(26)22-12(2)3/h12-16,24H,4-11H2,1-3H3,(H,21,25)(H,22,26)/t13-,14+,15+,16?,20?/m1/s1. The fraction of sp³-hybridized carbons (Fsp3) is 0.850. The number of hydrogen-bond donors (Lipinski definition) is 3. The van der Waals surface area contributed by atoms with Gasteiger partial charge in [0.25, 0.3) is 0 Å². The molecule has 5 atom stereocenters. The lowest BCUT2D eigenvalue weighted by atomic mass is 9.70. The first-order chi connectivity index (χ1) is 13.4. The first-order valence-electron chi connectivity index (χ1n) is 10.5. The van der Waals surface area contributed by atoms with Crippen LogP contribution in [0.25, 0.3) is 0 Å². The number of nitrogens with zero attached hydrogens (tertiary/aromatic N) is 1. The third-order valence-electron chi connectivity index (χ3n) is 6.14. The highest BCUT2D eigenvalue weighted by Crippen LogP contribution is 2.58. The van der Waals surface area contributed by atoms with Crippen LogP contribution in [0.4, 0.5) is 0 Å². The van der Waals surface area contributed by atoms with Gasteiger partial charge >= 0.3 is 0 Å². The van der Waals surface area contributed by atoms with Gasteiger partial charge in [0.05, 0.1) is 17.9 Å². The second-order valence-corrected chi connectivity index (χ2v) is 8.47. The average molecular weight is 396 g/mol. The highest BCUT2D eigenvalue weighted by atomic mass is 16.5. The summed E-state index contributed by atoms with van der Waals surface area (Å²) in [5.41, 5.74) is -0.922. The molecule has 1 spiro atoms. The highest BCUT2D eigenvalue weighted by molar-refractivity contribution is 5.98. The topological polar surface area (TPSA) is 108 Å². The van der Waals surface area contributed by atoms with E-state index in [4.69, 9.17) is 9.84 Å². The van der Waals surface area contributed by atoms with E-state index < -0.39 is 23.5 Å². The van der Waals surface area contributed by atoms with E-state index in [1.54, 1.807) is 4.90 Å². The molecule has 0 aliphatic carbocycles. The van der Waals surface area contributed by atoms with Crippen LogP contribution in [0.5, 0.6) is 0 Å². The number of aliphatic hydroxyl groups excluding tert-OH is 1. The average Bonchev–Trinajstić information content (AvgIpc) is 3.27. The van der Waals surface area contributed by atoms with Gasteiger partial charge in [-0.05, 0) is 46.0 Å². The molecule has 3 saturated heterocycles. The maximum absolute atomic E-state index is 13.4. The van der Waals surface area contributed by atoms with Gasteiger partial charge in [0.2, 0.25) is 17.7 Å². The number of fused-ring (bicyclic) bond motifs is 1. The molecule has 0 aromatic rings. The smallest absolute Gasteiger partial charge is 0.246 e. The summed E-state index contributed by atoms with van der Waals surface area (Å²) in [6, 6.07) is -0.778. The first-order valence-corrected chi connectivity index (χ1v) is 10.5. The molecular weight excluding hydrogens is 362 g/mol. The molecule has 3 aliphatic rings. The molecule has 3 aliphatic heterocycles. The number of nitrogens with one attached hydrogen (secondary N) is 2. The van der Waals surface area contributed by atoms with Crippen LogP contribution in [0, 0.1) is 11.8 Å². The number of carbonyl (C=O) groups is 3. The Labute approximate surface area is 166 Å². The SMILES string of the molecule is CCCNC(=O)[C@@H]1[C@H]2C(=O)N(CCCCO)C(C(=O)NC(C)C)C23CC[C@H]1O3. The summed E-state index contributed by atoms with van der Waals surface area (Å²) in [6.45, 7) is 6.73. The predicted molar refractivity (Wildman–Crippen MR) is 102 cm³/mol. The quantitative estimate of drug-likeness (QED) is 0.483. The van der Waals surface area contributed by atoms with E-state index in [0.717, 1.165) is 6.42 Å². The Balaban J connectivity index is 1.91. The number of ether oxygens (including phenoxy) is 1. The minimum absolute atomic E-state index is 0.0417. The molecule has 0 aromatic carbocycles. The van der Waals surface area contributed by atoms with E-state index in [9.17, 15) is 14.4 Å². The van der Waals surface area contributed by atoms with Crippen LogP contribution in [0.1, 0.15) is 52.9 Å². The zero-order valence-corrected chi connectivity index (χ0v) is 17.1. The summed E-state index contributed by atoms with van der Waals surface area (Å²) in [6.07, 6.45) is 2.97. The van der Waals surface area contributed by atoms with E-state index in [1.807, 2.05) is 20.8 Å². The number of rotatable bonds is 9. The van der Waals surface area contributed by atoms with Crippen molar-refractivity contribution in [3.63, 3.8) is 0 Å². The molecule has 3 fully saturated rings. The number of aliphatic hydroxyl groups is 1. The fourth-order valence-electron chi connectivity index (χ4n) is 5.12. The molecule has 3 heterocycles. The molecule has 2 bridgehead atoms. The third kappa shape index (κ3) is 3.41. The molecule has 0 saturated carbocycles. The predicted octanol–water partition coefficient (Wildman–Crippen LogP) is 0.184. The van der Waals surface area contributed by atoms with E-state index in [0.29, 0.717) is 38.8 Å². The second kappa shape index (κ2) is 8.37. The van der Waals surface area contributed by atoms with Gasteiger partial charge in [-0.15, -0.1) is 0 Å². The van der Waals surface area contributed by atoms with Crippen LogP contribution < -0.4 is 10.6 Å². The highest BCUT2D eigenvalue weighted by Gasteiger charge is 2.74. The van der Waals surface area contributed by atoms with Gasteiger partial charge in [0.1, 0.15) is 11.6 Å². The Morgan fingerprint density at radius 3 is 2.71 bits per heavy atom. The van der Waals surface area contributed by atoms with Crippen molar-refractivity contribution in [1.82, 2.24) is 15.5 Å². The summed E-state index contributed by atoms with van der Waals surface area (Å²) in [4.78, 5) is 40.9. The summed E-state index contributed by atoms with van der Waals surface area (Å²) in [5, 5.41) is 14.9. The molecule has 3 amide bonds. The number of carbonyl (C=O) groups excluding carboxylic acids is 3. The number of hydrogen-bond acceptors (Lipinski definition) is 5. The van der Waals surface area contributed by atoms with Crippen molar-refractivity contribution in [2.45, 2.75) is 76.7 Å². The van der Waals surface area contributed by atoms with Gasteiger partial charge in [-0.1, -0.05) is 6.92 Å². The lowest BCUT2D eigenvalue weighted by molar-refractivity contribution is -0.142. The van der Waals surface area contributed by atoms with Gasteiger partial charge in [-0.3, -0.25) is 14.4 Å². The van der Waals surface area contributed by atoms with Crippen LogP contribution in [-0.4, -0.2) is 71.2 Å². The minimum atomic E-state index is -0.922. The summed E-state index contributed by atoms with van der Waals surface area (Å²) >= 11 is 0. The van der Waals surface area contributed by atoms with Crippen LogP contribution >= 0.6 is 0 Å². The zero-order chi connectivity index (χ0) is 20.5. The Morgan fingerprint density at radius 2 is 2.07 bits per heavy atom. The van der Waals surface area contributed by atoms with Crippen LogP contribution in [-0.2, 0) is 19.1 Å². The fourth-order valence-corrected chi connectivity index (χ4v) is 5.12. The van der Waals surface area contributed by atoms with Crippen molar-refractivity contribution >= 4 is 17.7 Å². The summed E-state index contributed by atoms with van der Waals surface area (Å²) in [7, 11) is 0. The lowest BCUT2D eigenvalue weighted by Crippen LogP contribution is -2.56. The van der Waals surface area contributed by atoms with E-state index in [2.05, 4.69) is 10.6 Å². The normalized spacial score (nSPS) is 33.5. The molecule has 0 radical (unpaired) electrons. The third-order valence-corrected chi connectivity index (χ3v) is 6.14. The van der Waals surface area contributed by atoms with Crippen molar-refractivity contribution in [2.24, 2.45) is 11.8 Å². The molecular formula is C20H33N3O5. The number of unbranched alkanes of at least 4 members (excludes halogenated alkanes) is 1. The first kappa shape index (κ1) is 21.0. The Kier molecular flexibility index (Phi) is 6.29. The minimum Gasteiger partial charge on any atom is -0.396 e. The monoisotopic (exact) mass is 395 g/mol. The number of amides is 3. The van der Waals surface area contributed by atoms with Gasteiger partial charge < -0.3 is 25.4 Å². The van der Waals surface area contributed by atoms with Crippen LogP contribution in [0.2, 0.25) is 0 Å². The van der Waals surface area contributed by atoms with Crippen LogP contribution in [0.15, 0.2) is 0 Å². The maximum Gasteiger partial charge on any atom is 0.246 e. The number of likely N-dealkylation sites (tertiary alicyclic amines) is 1. The molecule has 8 heteroatoms. The molecule has 28 heavy (non-hydrogen) atoms. The van der Waals surface area contributed by atoms with Crippen molar-refractivity contribution in [2.75, 3.05) is 19.7 Å². The molecule has 0 aromatic heterocycles. The second-order valence-electron chi connectivity index (χ2n) is 8.47. The Morgan fingerprint density at radius 1 is 1.32 bits per heavy atom. The zero-order valence-electron chi connectivity index (χ0n) is 17.1. The summed E-state index contributed by atoms with van der Waals surface area (Å²) < 4.78 is 6.29. The van der Waals surface area contributed by atoms with Gasteiger partial charge in [-0.2, -0.15) is 0 Å². The van der Waals surface area contributed by atoms with Gasteiger partial charge in [0, 0.05) is 25.7 Å². The van der Waals surface area contributed by atoms with Crippen molar-refractivity contribution < 1.29 is 24.2 Å². The molecule has 3 rings (SSSR count). The largest absolute Gasteiger partial charge is 0.396 e. The molecule has 8 nitrogen and oxygen atoms in total. The van der Waals surface area contributed by atoms with Gasteiger partial charge in [0.15, 0.2) is 0 Å². The Bertz CT molecular complexity index is 625. The lowest BCUT2D eigenvalue weighted by Gasteiger charge is -2.34. The maximum atomic E-state index is 13.4. The molecule has 3 N–H and O–H groups in total. The van der Waals surface area contributed by atoms with E-state index in [1.165, 1.54) is 0 Å². The van der Waals surface area contributed by atoms with Crippen LogP contribution in [0.3, 0.4) is 0 Å². The molecule has 2 unspecified atom stereocenters. The van der Waals surface area contributed by atoms with Crippen molar-refractivity contribution in [3.8, 4) is 0 Å². The van der Waals surface area contributed by atoms with Gasteiger partial charge in [-0.25, -0.2) is 0 Å². The van der Waals surface area contributed by atoms with E-state index >= 15 is 0 Å². The summed E-state index contributed by atoms with van der Waals surface area (Å²) in [5.74, 6) is -1.68. The van der Waals surface area contributed by atoms with Crippen molar-refractivity contribution in [3.05, 3.63) is 0 Å². The Hall–Kier alpha value is -1.67. The molecule has 158 valence electrons. The van der Waals surface area contributed by atoms with Crippen molar-refractivity contribution in [1.29, 1.82) is 0 Å².